The number of carboxylic acids is 1. The fourth-order valence-electron chi connectivity index (χ4n) is 2.93. The van der Waals surface area contributed by atoms with Crippen molar-refractivity contribution in [1.82, 2.24) is 0 Å². The molecule has 0 aliphatic carbocycles. The van der Waals surface area contributed by atoms with E-state index in [4.69, 9.17) is 4.74 Å². The molecular formula is C18H12F4O3. The zero-order valence-corrected chi connectivity index (χ0v) is 12.9. The van der Waals surface area contributed by atoms with Crippen LogP contribution in [0.5, 0.6) is 5.75 Å². The first-order chi connectivity index (χ1) is 11.7. The van der Waals surface area contributed by atoms with E-state index in [9.17, 15) is 27.5 Å². The third-order valence-corrected chi connectivity index (χ3v) is 4.14. The lowest BCUT2D eigenvalue weighted by molar-refractivity contribution is -0.241. The van der Waals surface area contributed by atoms with E-state index >= 15 is 0 Å². The zero-order valence-electron chi connectivity index (χ0n) is 12.9. The molecule has 1 unspecified atom stereocenters. The van der Waals surface area contributed by atoms with Gasteiger partial charge in [0, 0.05) is 11.1 Å². The Kier molecular flexibility index (Phi) is 3.82. The van der Waals surface area contributed by atoms with Gasteiger partial charge in [-0.05, 0) is 30.7 Å². The summed E-state index contributed by atoms with van der Waals surface area (Å²) in [6, 6.07) is 8.88. The maximum atomic E-state index is 14.1. The number of para-hydroxylation sites is 1. The maximum absolute atomic E-state index is 14.1. The molecule has 0 saturated carbocycles. The molecule has 0 bridgehead atoms. The van der Waals surface area contributed by atoms with Crippen molar-refractivity contribution in [3.8, 4) is 5.75 Å². The number of aliphatic carboxylic acids is 1. The molecule has 3 rings (SSSR count). The topological polar surface area (TPSA) is 46.5 Å². The molecule has 0 aromatic heterocycles. The first-order valence-corrected chi connectivity index (χ1v) is 7.24. The molecule has 7 heteroatoms. The van der Waals surface area contributed by atoms with Crippen molar-refractivity contribution in [3.63, 3.8) is 0 Å². The van der Waals surface area contributed by atoms with Crippen LogP contribution in [0.2, 0.25) is 0 Å². The molecule has 130 valence electrons. The van der Waals surface area contributed by atoms with Crippen molar-refractivity contribution in [2.24, 2.45) is 0 Å². The number of halogens is 4. The van der Waals surface area contributed by atoms with Gasteiger partial charge in [-0.1, -0.05) is 30.3 Å². The van der Waals surface area contributed by atoms with Crippen LogP contribution in [0, 0.1) is 12.7 Å². The second-order valence-corrected chi connectivity index (χ2v) is 5.59. The normalized spacial score (nSPS) is 19.6. The Hall–Kier alpha value is -2.83. The summed E-state index contributed by atoms with van der Waals surface area (Å²) in [6.45, 7) is 1.15. The van der Waals surface area contributed by atoms with Gasteiger partial charge in [-0.15, -0.1) is 0 Å². The number of fused-ring (bicyclic) bond motifs is 1. The average molecular weight is 352 g/mol. The number of rotatable bonds is 2. The summed E-state index contributed by atoms with van der Waals surface area (Å²) in [5, 5.41) is 9.44. The number of benzene rings is 2. The third-order valence-electron chi connectivity index (χ3n) is 4.14. The molecule has 1 heterocycles. The van der Waals surface area contributed by atoms with E-state index in [2.05, 4.69) is 0 Å². The van der Waals surface area contributed by atoms with Crippen LogP contribution in [0.4, 0.5) is 17.6 Å². The van der Waals surface area contributed by atoms with Gasteiger partial charge < -0.3 is 9.84 Å². The molecule has 1 N–H and O–H groups in total. The van der Waals surface area contributed by atoms with Crippen molar-refractivity contribution in [3.05, 3.63) is 70.5 Å². The van der Waals surface area contributed by atoms with Crippen molar-refractivity contribution in [2.45, 2.75) is 18.7 Å². The Morgan fingerprint density at radius 3 is 2.44 bits per heavy atom. The van der Waals surface area contributed by atoms with Gasteiger partial charge in [0.1, 0.15) is 11.6 Å². The molecule has 0 fully saturated rings. The van der Waals surface area contributed by atoms with Crippen molar-refractivity contribution >= 4 is 12.0 Å². The Morgan fingerprint density at radius 1 is 1.12 bits per heavy atom. The fraction of sp³-hybridized carbons (Fsp3) is 0.167. The molecule has 0 saturated heterocycles. The molecular weight excluding hydrogens is 340 g/mol. The van der Waals surface area contributed by atoms with Gasteiger partial charge in [-0.2, -0.15) is 13.2 Å². The Labute approximate surface area is 140 Å². The summed E-state index contributed by atoms with van der Waals surface area (Å²) in [5.74, 6) is -2.81. The predicted octanol–water partition coefficient (Wildman–Crippen LogP) is 4.45. The first kappa shape index (κ1) is 17.0. The van der Waals surface area contributed by atoms with E-state index in [0.717, 1.165) is 31.2 Å². The van der Waals surface area contributed by atoms with E-state index in [1.54, 1.807) is 6.07 Å². The SMILES string of the molecule is Cc1c(F)cccc1C1(C(F)(F)F)Oc2ccccc2C=C1C(=O)O. The second kappa shape index (κ2) is 5.61. The van der Waals surface area contributed by atoms with Gasteiger partial charge in [0.05, 0.1) is 5.57 Å². The summed E-state index contributed by atoms with van der Waals surface area (Å²) in [4.78, 5) is 11.7. The highest BCUT2D eigenvalue weighted by molar-refractivity contribution is 5.96. The van der Waals surface area contributed by atoms with Crippen LogP contribution in [0.3, 0.4) is 0 Å². The molecule has 3 nitrogen and oxygen atoms in total. The lowest BCUT2D eigenvalue weighted by Crippen LogP contribution is -2.52. The van der Waals surface area contributed by atoms with Crippen LogP contribution in [-0.4, -0.2) is 17.3 Å². The molecule has 0 amide bonds. The quantitative estimate of drug-likeness (QED) is 0.812. The van der Waals surface area contributed by atoms with Crippen LogP contribution in [0.25, 0.3) is 6.08 Å². The fourth-order valence-corrected chi connectivity index (χ4v) is 2.93. The van der Waals surface area contributed by atoms with Crippen molar-refractivity contribution < 1.29 is 32.2 Å². The van der Waals surface area contributed by atoms with Gasteiger partial charge in [-0.25, -0.2) is 9.18 Å². The highest BCUT2D eigenvalue weighted by Gasteiger charge is 2.65. The lowest BCUT2D eigenvalue weighted by atomic mass is 9.80. The summed E-state index contributed by atoms with van der Waals surface area (Å²) in [5.41, 5.74) is -5.05. The number of hydrogen-bond donors (Lipinski definition) is 1. The van der Waals surface area contributed by atoms with Crippen LogP contribution in [-0.2, 0) is 10.4 Å². The largest absolute Gasteiger partial charge is 0.478 e. The molecule has 2 aromatic rings. The van der Waals surface area contributed by atoms with Gasteiger partial charge >= 0.3 is 12.1 Å². The summed E-state index contributed by atoms with van der Waals surface area (Å²) >= 11 is 0. The predicted molar refractivity (Wildman–Crippen MR) is 81.6 cm³/mol. The van der Waals surface area contributed by atoms with Gasteiger partial charge in [0.15, 0.2) is 0 Å². The monoisotopic (exact) mass is 352 g/mol. The Balaban J connectivity index is 2.40. The highest BCUT2D eigenvalue weighted by Crippen LogP contribution is 2.52. The molecule has 1 aliphatic rings. The molecule has 25 heavy (non-hydrogen) atoms. The minimum Gasteiger partial charge on any atom is -0.478 e. The van der Waals surface area contributed by atoms with E-state index in [-0.39, 0.29) is 16.9 Å². The third kappa shape index (κ3) is 2.47. The number of alkyl halides is 3. The van der Waals surface area contributed by atoms with Crippen LogP contribution in [0.15, 0.2) is 48.0 Å². The minimum atomic E-state index is -5.14. The second-order valence-electron chi connectivity index (χ2n) is 5.59. The van der Waals surface area contributed by atoms with Crippen molar-refractivity contribution in [2.75, 3.05) is 0 Å². The van der Waals surface area contributed by atoms with Gasteiger partial charge in [0.2, 0.25) is 0 Å². The van der Waals surface area contributed by atoms with Crippen LogP contribution in [0.1, 0.15) is 16.7 Å². The van der Waals surface area contributed by atoms with E-state index in [0.29, 0.717) is 0 Å². The lowest BCUT2D eigenvalue weighted by Gasteiger charge is -2.40. The Bertz CT molecular complexity index is 886. The highest BCUT2D eigenvalue weighted by atomic mass is 19.4. The molecule has 0 spiro atoms. The van der Waals surface area contributed by atoms with E-state index in [1.807, 2.05) is 0 Å². The summed E-state index contributed by atoms with van der Waals surface area (Å²) in [7, 11) is 0. The standard InChI is InChI=1S/C18H12F4O3/c1-10-12(6-4-7-14(10)19)17(18(20,21)22)13(16(23)24)9-11-5-2-3-8-15(11)25-17/h2-9H,1H3,(H,23,24). The average Bonchev–Trinajstić information content (AvgIpc) is 2.55. The van der Waals surface area contributed by atoms with Crippen molar-refractivity contribution in [1.29, 1.82) is 0 Å². The number of ether oxygens (including phenoxy) is 1. The van der Waals surface area contributed by atoms with Crippen LogP contribution >= 0.6 is 0 Å². The van der Waals surface area contributed by atoms with E-state index in [1.165, 1.54) is 18.2 Å². The van der Waals surface area contributed by atoms with Gasteiger partial charge in [-0.3, -0.25) is 0 Å². The summed E-state index contributed by atoms with van der Waals surface area (Å²) < 4.78 is 61.6. The van der Waals surface area contributed by atoms with Crippen LogP contribution < -0.4 is 4.74 Å². The van der Waals surface area contributed by atoms with E-state index < -0.39 is 34.7 Å². The summed E-state index contributed by atoms with van der Waals surface area (Å²) in [6.07, 6.45) is -4.22. The first-order valence-electron chi connectivity index (χ1n) is 7.24. The minimum absolute atomic E-state index is 0.131. The maximum Gasteiger partial charge on any atom is 0.437 e. The molecule has 1 atom stereocenters. The Morgan fingerprint density at radius 2 is 1.80 bits per heavy atom. The van der Waals surface area contributed by atoms with Gasteiger partial charge in [0.25, 0.3) is 5.60 Å². The smallest absolute Gasteiger partial charge is 0.437 e. The molecule has 1 aliphatic heterocycles. The molecule has 0 radical (unpaired) electrons. The number of hydrogen-bond acceptors (Lipinski definition) is 2. The molecule has 2 aromatic carbocycles. The zero-order chi connectivity index (χ0) is 18.4. The number of carboxylic acid groups (broad SMARTS) is 1. The number of carbonyl (C=O) groups is 1.